The molecule has 0 aromatic carbocycles. The van der Waals surface area contributed by atoms with Crippen molar-refractivity contribution in [1.82, 2.24) is 10.2 Å². The number of carbonyl (C=O) groups is 1. The summed E-state index contributed by atoms with van der Waals surface area (Å²) < 4.78 is 0. The molecule has 0 bridgehead atoms. The smallest absolute Gasteiger partial charge is 0.407 e. The van der Waals surface area contributed by atoms with Crippen LogP contribution in [0.5, 0.6) is 0 Å². The van der Waals surface area contributed by atoms with Gasteiger partial charge in [0.2, 0.25) is 0 Å². The third-order valence-electron chi connectivity index (χ3n) is 3.43. The molecule has 2 aliphatic rings. The highest BCUT2D eigenvalue weighted by Gasteiger charge is 2.37. The average molecular weight is 184 g/mol. The maximum absolute atomic E-state index is 10.7. The van der Waals surface area contributed by atoms with Crippen molar-refractivity contribution in [1.29, 1.82) is 0 Å². The fourth-order valence-corrected chi connectivity index (χ4v) is 2.39. The van der Waals surface area contributed by atoms with Gasteiger partial charge in [0.15, 0.2) is 0 Å². The molecule has 0 radical (unpaired) electrons. The van der Waals surface area contributed by atoms with E-state index in [1.165, 1.54) is 11.3 Å². The van der Waals surface area contributed by atoms with Crippen molar-refractivity contribution < 1.29 is 9.90 Å². The van der Waals surface area contributed by atoms with Crippen molar-refractivity contribution in [2.45, 2.75) is 19.3 Å². The van der Waals surface area contributed by atoms with E-state index in [1.54, 1.807) is 0 Å². The zero-order chi connectivity index (χ0) is 9.31. The molecule has 2 rings (SSSR count). The zero-order valence-electron chi connectivity index (χ0n) is 7.75. The Hall–Kier alpha value is -0.770. The van der Waals surface area contributed by atoms with Crippen LogP contribution in [-0.2, 0) is 0 Å². The van der Waals surface area contributed by atoms with Crippen molar-refractivity contribution in [2.24, 2.45) is 5.41 Å². The number of rotatable bonds is 0. The molecular formula is C9H16N2O2. The minimum absolute atomic E-state index is 0.423. The van der Waals surface area contributed by atoms with Gasteiger partial charge in [-0.25, -0.2) is 4.79 Å². The molecule has 4 heteroatoms. The molecule has 74 valence electrons. The number of hydrogen-bond acceptors (Lipinski definition) is 2. The van der Waals surface area contributed by atoms with E-state index in [0.717, 1.165) is 39.0 Å². The number of carboxylic acid groups (broad SMARTS) is 1. The molecule has 1 spiro atoms. The van der Waals surface area contributed by atoms with Crippen molar-refractivity contribution in [3.8, 4) is 0 Å². The zero-order valence-corrected chi connectivity index (χ0v) is 7.75. The Morgan fingerprint density at radius 2 is 2.00 bits per heavy atom. The molecule has 2 heterocycles. The van der Waals surface area contributed by atoms with E-state index in [2.05, 4.69) is 5.32 Å². The van der Waals surface area contributed by atoms with Crippen LogP contribution in [0.4, 0.5) is 4.79 Å². The molecule has 4 nitrogen and oxygen atoms in total. The molecule has 0 saturated carbocycles. The molecule has 2 aliphatic heterocycles. The summed E-state index contributed by atoms with van der Waals surface area (Å²) in [5.41, 5.74) is 0.423. The summed E-state index contributed by atoms with van der Waals surface area (Å²) in [6, 6.07) is 0. The van der Waals surface area contributed by atoms with Crippen LogP contribution in [-0.4, -0.2) is 42.3 Å². The molecule has 0 aromatic rings. The lowest BCUT2D eigenvalue weighted by Crippen LogP contribution is -2.43. The topological polar surface area (TPSA) is 52.6 Å². The monoisotopic (exact) mass is 184 g/mol. The Morgan fingerprint density at radius 3 is 2.46 bits per heavy atom. The molecule has 0 unspecified atom stereocenters. The van der Waals surface area contributed by atoms with Crippen molar-refractivity contribution >= 4 is 6.09 Å². The summed E-state index contributed by atoms with van der Waals surface area (Å²) in [5, 5.41) is 12.1. The summed E-state index contributed by atoms with van der Waals surface area (Å²) in [5.74, 6) is 0. The highest BCUT2D eigenvalue weighted by molar-refractivity contribution is 5.65. The lowest BCUT2D eigenvalue weighted by molar-refractivity contribution is 0.0979. The van der Waals surface area contributed by atoms with Gasteiger partial charge in [-0.3, -0.25) is 0 Å². The molecule has 0 atom stereocenters. The highest BCUT2D eigenvalue weighted by atomic mass is 16.4. The van der Waals surface area contributed by atoms with Gasteiger partial charge in [-0.2, -0.15) is 0 Å². The van der Waals surface area contributed by atoms with E-state index >= 15 is 0 Å². The second-order valence-electron chi connectivity index (χ2n) is 4.20. The Labute approximate surface area is 77.9 Å². The van der Waals surface area contributed by atoms with E-state index in [4.69, 9.17) is 5.11 Å². The van der Waals surface area contributed by atoms with E-state index in [0.29, 0.717) is 5.41 Å². The maximum Gasteiger partial charge on any atom is 0.407 e. The van der Waals surface area contributed by atoms with Gasteiger partial charge in [-0.05, 0) is 31.2 Å². The number of piperidine rings is 1. The molecule has 2 fully saturated rings. The van der Waals surface area contributed by atoms with Gasteiger partial charge in [-0.1, -0.05) is 0 Å². The molecule has 0 aliphatic carbocycles. The third kappa shape index (κ3) is 1.63. The van der Waals surface area contributed by atoms with Crippen LogP contribution in [0.3, 0.4) is 0 Å². The van der Waals surface area contributed by atoms with Crippen LogP contribution in [0.2, 0.25) is 0 Å². The first kappa shape index (κ1) is 8.81. The Balaban J connectivity index is 1.91. The van der Waals surface area contributed by atoms with Gasteiger partial charge in [0.05, 0.1) is 0 Å². The van der Waals surface area contributed by atoms with Crippen LogP contribution in [0.1, 0.15) is 19.3 Å². The molecule has 2 N–H and O–H groups in total. The summed E-state index contributed by atoms with van der Waals surface area (Å²) in [7, 11) is 0. The molecule has 2 saturated heterocycles. The maximum atomic E-state index is 10.7. The summed E-state index contributed by atoms with van der Waals surface area (Å²) >= 11 is 0. The summed E-state index contributed by atoms with van der Waals surface area (Å²) in [6.07, 6.45) is 2.53. The van der Waals surface area contributed by atoms with Crippen LogP contribution in [0.15, 0.2) is 0 Å². The molecule has 13 heavy (non-hydrogen) atoms. The van der Waals surface area contributed by atoms with Crippen LogP contribution in [0.25, 0.3) is 0 Å². The number of hydrogen-bond donors (Lipinski definition) is 2. The predicted molar refractivity (Wildman–Crippen MR) is 48.8 cm³/mol. The van der Waals surface area contributed by atoms with Gasteiger partial charge in [-0.15, -0.1) is 0 Å². The molecule has 1 amide bonds. The number of likely N-dealkylation sites (tertiary alicyclic amines) is 1. The predicted octanol–water partition coefficient (Wildman–Crippen LogP) is 0.740. The van der Waals surface area contributed by atoms with Crippen LogP contribution < -0.4 is 5.32 Å². The lowest BCUT2D eigenvalue weighted by atomic mass is 9.78. The van der Waals surface area contributed by atoms with Crippen LogP contribution in [0, 0.1) is 5.41 Å². The second kappa shape index (κ2) is 3.18. The Kier molecular flexibility index (Phi) is 2.15. The van der Waals surface area contributed by atoms with Crippen molar-refractivity contribution in [3.63, 3.8) is 0 Å². The first-order chi connectivity index (χ1) is 6.22. The largest absolute Gasteiger partial charge is 0.465 e. The summed E-state index contributed by atoms with van der Waals surface area (Å²) in [6.45, 7) is 3.63. The first-order valence-corrected chi connectivity index (χ1v) is 4.91. The fraction of sp³-hybridized carbons (Fsp3) is 0.889. The highest BCUT2D eigenvalue weighted by Crippen LogP contribution is 2.36. The van der Waals surface area contributed by atoms with Crippen LogP contribution >= 0.6 is 0 Å². The minimum Gasteiger partial charge on any atom is -0.465 e. The summed E-state index contributed by atoms with van der Waals surface area (Å²) in [4.78, 5) is 12.2. The SMILES string of the molecule is O=C(O)N1CCC2(CCNC2)CC1. The van der Waals surface area contributed by atoms with E-state index in [1.807, 2.05) is 0 Å². The molecule has 0 aromatic heterocycles. The van der Waals surface area contributed by atoms with Gasteiger partial charge in [0.25, 0.3) is 0 Å². The van der Waals surface area contributed by atoms with Gasteiger partial charge in [0, 0.05) is 19.6 Å². The fourth-order valence-electron chi connectivity index (χ4n) is 2.39. The quantitative estimate of drug-likeness (QED) is 0.584. The number of amides is 1. The molecular weight excluding hydrogens is 168 g/mol. The van der Waals surface area contributed by atoms with Gasteiger partial charge >= 0.3 is 6.09 Å². The minimum atomic E-state index is -0.763. The lowest BCUT2D eigenvalue weighted by Gasteiger charge is -2.37. The van der Waals surface area contributed by atoms with Crippen molar-refractivity contribution in [2.75, 3.05) is 26.2 Å². The van der Waals surface area contributed by atoms with Crippen molar-refractivity contribution in [3.05, 3.63) is 0 Å². The van der Waals surface area contributed by atoms with Gasteiger partial charge < -0.3 is 15.3 Å². The Bertz CT molecular complexity index is 202. The van der Waals surface area contributed by atoms with E-state index in [-0.39, 0.29) is 0 Å². The van der Waals surface area contributed by atoms with E-state index in [9.17, 15) is 4.79 Å². The number of nitrogens with zero attached hydrogens (tertiary/aromatic N) is 1. The Morgan fingerprint density at radius 1 is 1.31 bits per heavy atom. The first-order valence-electron chi connectivity index (χ1n) is 4.91. The average Bonchev–Trinajstić information content (AvgIpc) is 2.54. The normalized spacial score (nSPS) is 26.6. The standard InChI is InChI=1S/C9H16N2O2/c12-8(13)11-5-2-9(3-6-11)1-4-10-7-9/h10H,1-7H2,(H,12,13). The number of nitrogens with one attached hydrogen (secondary N) is 1. The van der Waals surface area contributed by atoms with E-state index < -0.39 is 6.09 Å². The third-order valence-corrected chi connectivity index (χ3v) is 3.43. The second-order valence-corrected chi connectivity index (χ2v) is 4.20. The van der Waals surface area contributed by atoms with Gasteiger partial charge in [0.1, 0.15) is 0 Å².